The van der Waals surface area contributed by atoms with Gasteiger partial charge in [-0.05, 0) is 42.7 Å². The Balaban J connectivity index is 2.00. The lowest BCUT2D eigenvalue weighted by Crippen LogP contribution is -2.60. The molecule has 7 unspecified atom stereocenters. The molecule has 0 aliphatic rings. The van der Waals surface area contributed by atoms with E-state index in [9.17, 15) is 87.8 Å². The van der Waals surface area contributed by atoms with Gasteiger partial charge in [-0.1, -0.05) is 12.1 Å². The number of alkyl halides is 18. The molecule has 0 amide bonds. The average molecular weight is 770 g/mol. The molecule has 0 saturated heterocycles. The Morgan fingerprint density at radius 2 is 1.04 bits per heavy atom. The van der Waals surface area contributed by atoms with Crippen LogP contribution in [0.4, 0.5) is 87.8 Å². The molecule has 0 aliphatic heterocycles. The van der Waals surface area contributed by atoms with Crippen molar-refractivity contribution < 1.29 is 97.3 Å². The zero-order valence-electron chi connectivity index (χ0n) is 24.3. The molecule has 2 rings (SSSR count). The van der Waals surface area contributed by atoms with Crippen molar-refractivity contribution in [3.63, 3.8) is 0 Å². The highest BCUT2D eigenvalue weighted by Crippen LogP contribution is 2.54. The van der Waals surface area contributed by atoms with E-state index in [1.165, 1.54) is 0 Å². The SMILES string of the molecule is Fc1c(OCCCCC(F)(F)C(F)(F)C(F)(F)C(F)(F)F)ccc(-c2ccc(OC(F)C(F)C(F)C(F)C(F)C(F)C(F)C(F)F)cc2)c1F. The maximum atomic E-state index is 14.7. The van der Waals surface area contributed by atoms with Crippen molar-refractivity contribution in [2.24, 2.45) is 0 Å². The van der Waals surface area contributed by atoms with E-state index in [0.29, 0.717) is 0 Å². The molecule has 2 aromatic rings. The average Bonchev–Trinajstić information content (AvgIpc) is 3.03. The third kappa shape index (κ3) is 9.29. The summed E-state index contributed by atoms with van der Waals surface area (Å²) >= 11 is 0. The minimum atomic E-state index is -7.07. The van der Waals surface area contributed by atoms with Gasteiger partial charge in [0.05, 0.1) is 6.61 Å². The topological polar surface area (TPSA) is 18.5 Å². The Hall–Kier alpha value is -3.36. The van der Waals surface area contributed by atoms with Gasteiger partial charge in [0.2, 0.25) is 12.0 Å². The normalized spacial score (nSPS) is 17.5. The molecule has 0 N–H and O–H groups in total. The van der Waals surface area contributed by atoms with Crippen LogP contribution in [0.3, 0.4) is 0 Å². The first-order valence-corrected chi connectivity index (χ1v) is 13.6. The molecule has 0 radical (unpaired) electrons. The van der Waals surface area contributed by atoms with Gasteiger partial charge in [-0.15, -0.1) is 0 Å². The molecular weight excluding hydrogens is 748 g/mol. The van der Waals surface area contributed by atoms with Crippen LogP contribution in [0.2, 0.25) is 0 Å². The molecule has 0 saturated carbocycles. The Bertz CT molecular complexity index is 1370. The Kier molecular flexibility index (Phi) is 14.0. The van der Waals surface area contributed by atoms with E-state index in [2.05, 4.69) is 4.74 Å². The fraction of sp³-hybridized carbons (Fsp3) is 0.571. The maximum absolute atomic E-state index is 14.7. The Morgan fingerprint density at radius 3 is 1.54 bits per heavy atom. The molecule has 0 aliphatic carbocycles. The first-order chi connectivity index (χ1) is 22.8. The van der Waals surface area contributed by atoms with Crippen molar-refractivity contribution in [1.82, 2.24) is 0 Å². The lowest BCUT2D eigenvalue weighted by Gasteiger charge is -2.33. The van der Waals surface area contributed by atoms with Crippen LogP contribution < -0.4 is 9.47 Å². The number of rotatable bonds is 18. The van der Waals surface area contributed by atoms with E-state index < -0.39 is 128 Å². The second-order valence-electron chi connectivity index (χ2n) is 10.4. The standard InChI is InChI=1S/C28H22F20O2/c29-15-13(7-8-14(16(15)30)49-10-2-1-9-25(40,41)26(42,43)27(44,45)28(46,47)48)11-3-5-12(6-4-11)50-24(39)22(36)20(34)18(32)17(31)19(33)21(35)23(37)38/h3-8,17-24H,1-2,9-10H2. The molecule has 0 bridgehead atoms. The second kappa shape index (κ2) is 16.3. The van der Waals surface area contributed by atoms with Gasteiger partial charge in [0.25, 0.3) is 12.8 Å². The Morgan fingerprint density at radius 1 is 0.540 bits per heavy atom. The number of benzene rings is 2. The minimum Gasteiger partial charge on any atom is -0.490 e. The van der Waals surface area contributed by atoms with Crippen molar-refractivity contribution >= 4 is 0 Å². The minimum absolute atomic E-state index is 0.229. The van der Waals surface area contributed by atoms with Crippen molar-refractivity contribution in [3.05, 3.63) is 48.0 Å². The predicted octanol–water partition coefficient (Wildman–Crippen LogP) is 10.6. The van der Waals surface area contributed by atoms with Crippen LogP contribution >= 0.6 is 0 Å². The van der Waals surface area contributed by atoms with Crippen LogP contribution in [0.25, 0.3) is 11.1 Å². The first-order valence-electron chi connectivity index (χ1n) is 13.6. The highest BCUT2D eigenvalue weighted by molar-refractivity contribution is 5.66. The lowest BCUT2D eigenvalue weighted by atomic mass is 9.99. The molecule has 286 valence electrons. The van der Waals surface area contributed by atoms with Gasteiger partial charge in [0.15, 0.2) is 42.4 Å². The van der Waals surface area contributed by atoms with Crippen molar-refractivity contribution in [1.29, 1.82) is 0 Å². The predicted molar refractivity (Wildman–Crippen MR) is 133 cm³/mol. The molecule has 22 heteroatoms. The Labute approximate surface area is 268 Å². The van der Waals surface area contributed by atoms with Crippen LogP contribution in [0.15, 0.2) is 36.4 Å². The quantitative estimate of drug-likeness (QED) is 0.111. The second-order valence-corrected chi connectivity index (χ2v) is 10.4. The van der Waals surface area contributed by atoms with Gasteiger partial charge >= 0.3 is 23.9 Å². The number of ether oxygens (including phenoxy) is 2. The molecule has 0 spiro atoms. The van der Waals surface area contributed by atoms with Crippen LogP contribution in [0.1, 0.15) is 19.3 Å². The molecule has 2 nitrogen and oxygen atoms in total. The van der Waals surface area contributed by atoms with Gasteiger partial charge in [-0.25, -0.2) is 39.5 Å². The number of hydrogen-bond acceptors (Lipinski definition) is 2. The van der Waals surface area contributed by atoms with E-state index in [-0.39, 0.29) is 5.56 Å². The van der Waals surface area contributed by atoms with Gasteiger partial charge in [-0.2, -0.15) is 48.3 Å². The summed E-state index contributed by atoms with van der Waals surface area (Å²) in [6.07, 6.45) is -42.0. The number of halogens is 20. The van der Waals surface area contributed by atoms with Crippen LogP contribution in [-0.2, 0) is 0 Å². The number of hydrogen-bond donors (Lipinski definition) is 0. The van der Waals surface area contributed by atoms with E-state index in [4.69, 9.17) is 4.74 Å². The van der Waals surface area contributed by atoms with Crippen molar-refractivity contribution in [2.75, 3.05) is 6.61 Å². The smallest absolute Gasteiger partial charge is 0.460 e. The molecule has 7 atom stereocenters. The van der Waals surface area contributed by atoms with Gasteiger partial charge in [0.1, 0.15) is 5.75 Å². The summed E-state index contributed by atoms with van der Waals surface area (Å²) in [5.41, 5.74) is -0.796. The first kappa shape index (κ1) is 42.8. The summed E-state index contributed by atoms with van der Waals surface area (Å²) in [5.74, 6) is -24.7. The molecular formula is C28H22F20O2. The van der Waals surface area contributed by atoms with E-state index in [1.54, 1.807) is 0 Å². The third-order valence-electron chi connectivity index (χ3n) is 6.83. The van der Waals surface area contributed by atoms with Crippen LogP contribution in [0, 0.1) is 11.6 Å². The maximum Gasteiger partial charge on any atom is 0.460 e. The monoisotopic (exact) mass is 770 g/mol. The molecule has 50 heavy (non-hydrogen) atoms. The third-order valence-corrected chi connectivity index (χ3v) is 6.83. The summed E-state index contributed by atoms with van der Waals surface area (Å²) in [5, 5.41) is 0. The van der Waals surface area contributed by atoms with Gasteiger partial charge in [-0.3, -0.25) is 0 Å². The summed E-state index contributed by atoms with van der Waals surface area (Å²) in [6.45, 7) is -0.839. The van der Waals surface area contributed by atoms with Crippen LogP contribution in [-0.4, -0.2) is 80.4 Å². The van der Waals surface area contributed by atoms with E-state index in [1.807, 2.05) is 0 Å². The number of unbranched alkanes of at least 4 members (excludes halogenated alkanes) is 1. The molecule has 0 heterocycles. The highest BCUT2D eigenvalue weighted by Gasteiger charge is 2.81. The fourth-order valence-corrected chi connectivity index (χ4v) is 3.96. The van der Waals surface area contributed by atoms with E-state index in [0.717, 1.165) is 36.4 Å². The van der Waals surface area contributed by atoms with Crippen LogP contribution in [0.5, 0.6) is 11.5 Å². The summed E-state index contributed by atoms with van der Waals surface area (Å²) in [6, 6.07) is 4.81. The summed E-state index contributed by atoms with van der Waals surface area (Å²) in [7, 11) is 0. The zero-order valence-corrected chi connectivity index (χ0v) is 24.3. The van der Waals surface area contributed by atoms with Gasteiger partial charge < -0.3 is 9.47 Å². The molecule has 0 aromatic heterocycles. The largest absolute Gasteiger partial charge is 0.490 e. The molecule has 2 aromatic carbocycles. The summed E-state index contributed by atoms with van der Waals surface area (Å²) < 4.78 is 274. The fourth-order valence-electron chi connectivity index (χ4n) is 3.96. The van der Waals surface area contributed by atoms with E-state index >= 15 is 0 Å². The summed E-state index contributed by atoms with van der Waals surface area (Å²) in [4.78, 5) is 0. The van der Waals surface area contributed by atoms with Crippen molar-refractivity contribution in [2.45, 2.75) is 93.0 Å². The van der Waals surface area contributed by atoms with Gasteiger partial charge in [0, 0.05) is 12.0 Å². The molecule has 0 fully saturated rings. The zero-order chi connectivity index (χ0) is 38.6. The highest BCUT2D eigenvalue weighted by atomic mass is 19.4. The lowest BCUT2D eigenvalue weighted by molar-refractivity contribution is -0.396. The van der Waals surface area contributed by atoms with Crippen molar-refractivity contribution in [3.8, 4) is 22.6 Å².